The van der Waals surface area contributed by atoms with Gasteiger partial charge in [0, 0.05) is 13.1 Å². The molecule has 0 atom stereocenters. The van der Waals surface area contributed by atoms with Gasteiger partial charge in [-0.2, -0.15) is 0 Å². The number of carbonyl (C=O) groups excluding carboxylic acids is 2. The number of hydrogen-bond acceptors (Lipinski definition) is 7. The molecule has 0 fully saturated rings. The van der Waals surface area contributed by atoms with Gasteiger partial charge in [-0.05, 0) is 45.9 Å². The van der Waals surface area contributed by atoms with Crippen molar-refractivity contribution >= 4 is 11.9 Å². The summed E-state index contributed by atoms with van der Waals surface area (Å²) in [6.07, 6.45) is 0. The van der Waals surface area contributed by atoms with Crippen LogP contribution in [-0.2, 0) is 16.1 Å². The third-order valence-corrected chi connectivity index (χ3v) is 4.40. The summed E-state index contributed by atoms with van der Waals surface area (Å²) in [4.78, 5) is 25.8. The van der Waals surface area contributed by atoms with Crippen LogP contribution in [0.2, 0.25) is 0 Å². The molecule has 8 nitrogen and oxygen atoms in total. The predicted molar refractivity (Wildman–Crippen MR) is 102 cm³/mol. The first-order valence-corrected chi connectivity index (χ1v) is 9.08. The van der Waals surface area contributed by atoms with Crippen molar-refractivity contribution < 1.29 is 28.3 Å². The molecule has 0 aliphatic carbocycles. The maximum Gasteiger partial charge on any atom is 0.338 e. The van der Waals surface area contributed by atoms with Crippen molar-refractivity contribution in [2.24, 2.45) is 0 Å². The predicted octanol–water partition coefficient (Wildman–Crippen LogP) is 2.90. The average molecular weight is 390 g/mol. The first-order chi connectivity index (χ1) is 13.4. The van der Waals surface area contributed by atoms with Crippen LogP contribution < -0.4 is 9.47 Å². The largest absolute Gasteiger partial charge is 0.493 e. The lowest BCUT2D eigenvalue weighted by atomic mass is 10.2. The normalized spacial score (nSPS) is 10.5. The Morgan fingerprint density at radius 3 is 2.43 bits per heavy atom. The van der Waals surface area contributed by atoms with E-state index in [0.717, 1.165) is 11.3 Å². The lowest BCUT2D eigenvalue weighted by Crippen LogP contribution is -2.34. The van der Waals surface area contributed by atoms with Crippen LogP contribution in [0.15, 0.2) is 22.7 Å². The summed E-state index contributed by atoms with van der Waals surface area (Å²) in [6, 6.07) is 4.71. The minimum atomic E-state index is -0.601. The standard InChI is InChI=1S/C20H26N2O6/c1-6-22(7-2)19(23)12-27-20(24)15-8-9-17(18(10-15)25-5)26-11-16-13(3)21-28-14(16)4/h8-10H,6-7,11-12H2,1-5H3. The fraction of sp³-hybridized carbons (Fsp3) is 0.450. The number of aryl methyl sites for hydroxylation is 2. The number of ether oxygens (including phenoxy) is 3. The van der Waals surface area contributed by atoms with E-state index in [1.54, 1.807) is 17.0 Å². The van der Waals surface area contributed by atoms with Gasteiger partial charge in [0.1, 0.15) is 12.4 Å². The van der Waals surface area contributed by atoms with Gasteiger partial charge in [0.15, 0.2) is 18.1 Å². The van der Waals surface area contributed by atoms with Gasteiger partial charge in [-0.1, -0.05) is 5.16 Å². The Kier molecular flexibility index (Phi) is 7.43. The molecule has 1 aromatic carbocycles. The molecule has 0 saturated heterocycles. The molecule has 0 saturated carbocycles. The highest BCUT2D eigenvalue weighted by Crippen LogP contribution is 2.29. The maximum atomic E-state index is 12.3. The zero-order chi connectivity index (χ0) is 20.7. The van der Waals surface area contributed by atoms with Crippen molar-refractivity contribution in [2.75, 3.05) is 26.8 Å². The van der Waals surface area contributed by atoms with Crippen molar-refractivity contribution in [1.29, 1.82) is 0 Å². The number of rotatable bonds is 9. The van der Waals surface area contributed by atoms with E-state index in [4.69, 9.17) is 18.7 Å². The lowest BCUT2D eigenvalue weighted by Gasteiger charge is -2.18. The highest BCUT2D eigenvalue weighted by molar-refractivity contribution is 5.92. The van der Waals surface area contributed by atoms with E-state index in [2.05, 4.69) is 5.16 Å². The Bertz CT molecular complexity index is 807. The quantitative estimate of drug-likeness (QED) is 0.608. The molecule has 28 heavy (non-hydrogen) atoms. The molecule has 152 valence electrons. The van der Waals surface area contributed by atoms with Gasteiger partial charge < -0.3 is 23.6 Å². The third kappa shape index (κ3) is 5.03. The van der Waals surface area contributed by atoms with E-state index in [9.17, 15) is 9.59 Å². The number of aromatic nitrogens is 1. The number of carbonyl (C=O) groups is 2. The lowest BCUT2D eigenvalue weighted by molar-refractivity contribution is -0.134. The molecule has 0 aliphatic heterocycles. The first kappa shape index (κ1) is 21.3. The summed E-state index contributed by atoms with van der Waals surface area (Å²) in [5.74, 6) is 0.713. The van der Waals surface area contributed by atoms with Crippen molar-refractivity contribution in [3.8, 4) is 11.5 Å². The van der Waals surface area contributed by atoms with Crippen LogP contribution in [-0.4, -0.2) is 48.7 Å². The number of amides is 1. The Morgan fingerprint density at radius 1 is 1.14 bits per heavy atom. The second kappa shape index (κ2) is 9.77. The number of nitrogens with zero attached hydrogens (tertiary/aromatic N) is 2. The minimum absolute atomic E-state index is 0.232. The summed E-state index contributed by atoms with van der Waals surface area (Å²) in [6.45, 7) is 8.49. The topological polar surface area (TPSA) is 91.1 Å². The number of esters is 1. The van der Waals surface area contributed by atoms with Gasteiger partial charge in [0.2, 0.25) is 0 Å². The molecule has 0 aliphatic rings. The van der Waals surface area contributed by atoms with E-state index < -0.39 is 5.97 Å². The van der Waals surface area contributed by atoms with Gasteiger partial charge in [-0.3, -0.25) is 4.79 Å². The van der Waals surface area contributed by atoms with E-state index in [1.807, 2.05) is 27.7 Å². The Morgan fingerprint density at radius 2 is 1.86 bits per heavy atom. The summed E-state index contributed by atoms with van der Waals surface area (Å²) in [7, 11) is 1.48. The van der Waals surface area contributed by atoms with Crippen LogP contribution in [0.25, 0.3) is 0 Å². The highest BCUT2D eigenvalue weighted by atomic mass is 16.5. The molecule has 0 N–H and O–H groups in total. The molecule has 1 amide bonds. The van der Waals surface area contributed by atoms with E-state index in [-0.39, 0.29) is 24.7 Å². The molecule has 0 spiro atoms. The fourth-order valence-electron chi connectivity index (χ4n) is 2.65. The number of methoxy groups -OCH3 is 1. The molecule has 2 rings (SSSR count). The molecular formula is C20H26N2O6. The molecule has 8 heteroatoms. The van der Waals surface area contributed by atoms with Crippen LogP contribution in [0, 0.1) is 13.8 Å². The van der Waals surface area contributed by atoms with Gasteiger partial charge in [-0.25, -0.2) is 4.79 Å². The van der Waals surface area contributed by atoms with Crippen LogP contribution in [0.5, 0.6) is 11.5 Å². The number of benzene rings is 1. The van der Waals surface area contributed by atoms with E-state index >= 15 is 0 Å². The summed E-state index contributed by atoms with van der Waals surface area (Å²) in [5, 5.41) is 3.89. The molecule has 0 bridgehead atoms. The minimum Gasteiger partial charge on any atom is -0.493 e. The fourth-order valence-corrected chi connectivity index (χ4v) is 2.65. The highest BCUT2D eigenvalue weighted by Gasteiger charge is 2.17. The van der Waals surface area contributed by atoms with Crippen molar-refractivity contribution in [3.05, 3.63) is 40.8 Å². The molecule has 1 heterocycles. The SMILES string of the molecule is CCN(CC)C(=O)COC(=O)c1ccc(OCc2c(C)noc2C)c(OC)c1. The van der Waals surface area contributed by atoms with Crippen molar-refractivity contribution in [2.45, 2.75) is 34.3 Å². The zero-order valence-corrected chi connectivity index (χ0v) is 16.9. The molecular weight excluding hydrogens is 364 g/mol. The summed E-state index contributed by atoms with van der Waals surface area (Å²) in [5.41, 5.74) is 1.89. The van der Waals surface area contributed by atoms with Crippen LogP contribution in [0.1, 0.15) is 41.2 Å². The maximum absolute atomic E-state index is 12.3. The smallest absolute Gasteiger partial charge is 0.338 e. The van der Waals surface area contributed by atoms with Gasteiger partial charge >= 0.3 is 5.97 Å². The van der Waals surface area contributed by atoms with Crippen molar-refractivity contribution in [1.82, 2.24) is 10.1 Å². The Hall–Kier alpha value is -3.03. The Labute approximate surface area is 164 Å². The number of hydrogen-bond donors (Lipinski definition) is 0. The van der Waals surface area contributed by atoms with Gasteiger partial charge in [0.25, 0.3) is 5.91 Å². The third-order valence-electron chi connectivity index (χ3n) is 4.40. The van der Waals surface area contributed by atoms with Gasteiger partial charge in [0.05, 0.1) is 23.9 Å². The van der Waals surface area contributed by atoms with Gasteiger partial charge in [-0.15, -0.1) is 0 Å². The van der Waals surface area contributed by atoms with E-state index in [1.165, 1.54) is 13.2 Å². The zero-order valence-electron chi connectivity index (χ0n) is 16.9. The summed E-state index contributed by atoms with van der Waals surface area (Å²) >= 11 is 0. The molecule has 1 aromatic heterocycles. The first-order valence-electron chi connectivity index (χ1n) is 9.08. The van der Waals surface area contributed by atoms with Crippen LogP contribution in [0.4, 0.5) is 0 Å². The van der Waals surface area contributed by atoms with E-state index in [0.29, 0.717) is 30.3 Å². The monoisotopic (exact) mass is 390 g/mol. The van der Waals surface area contributed by atoms with Crippen molar-refractivity contribution in [3.63, 3.8) is 0 Å². The molecule has 2 aromatic rings. The molecule has 0 radical (unpaired) electrons. The van der Waals surface area contributed by atoms with Crippen LogP contribution >= 0.6 is 0 Å². The summed E-state index contributed by atoms with van der Waals surface area (Å²) < 4.78 is 21.3. The Balaban J connectivity index is 2.03. The molecule has 0 unspecified atom stereocenters. The van der Waals surface area contributed by atoms with Crippen LogP contribution in [0.3, 0.4) is 0 Å². The second-order valence-corrected chi connectivity index (χ2v) is 6.10. The second-order valence-electron chi connectivity index (χ2n) is 6.10. The number of likely N-dealkylation sites (N-methyl/N-ethyl adjacent to an activating group) is 1. The average Bonchev–Trinajstić information content (AvgIpc) is 3.02.